The lowest BCUT2D eigenvalue weighted by atomic mass is 10.1. The van der Waals surface area contributed by atoms with Crippen LogP contribution in [0.5, 0.6) is 5.75 Å². The third kappa shape index (κ3) is 2.53. The first-order valence-corrected chi connectivity index (χ1v) is 5.95. The predicted octanol–water partition coefficient (Wildman–Crippen LogP) is 2.00. The molecule has 1 aromatic rings. The van der Waals surface area contributed by atoms with Crippen LogP contribution in [0.4, 0.5) is 0 Å². The second-order valence-electron chi connectivity index (χ2n) is 4.52. The number of rotatable bonds is 5. The van der Waals surface area contributed by atoms with Gasteiger partial charge < -0.3 is 10.1 Å². The molecule has 1 N–H and O–H groups in total. The first-order chi connectivity index (χ1) is 7.72. The van der Waals surface area contributed by atoms with Crippen molar-refractivity contribution in [1.82, 2.24) is 10.3 Å². The number of aryl methyl sites for hydroxylation is 1. The maximum absolute atomic E-state index is 5.40. The maximum Gasteiger partial charge on any atom is 0.128 e. The molecule has 0 atom stereocenters. The van der Waals surface area contributed by atoms with Gasteiger partial charge in [-0.3, -0.25) is 4.98 Å². The molecule has 3 nitrogen and oxygen atoms in total. The SMILES string of the molecule is COc1c(C)cnc(CCNC2CC2)c1C. The van der Waals surface area contributed by atoms with Crippen molar-refractivity contribution in [1.29, 1.82) is 0 Å². The molecule has 0 unspecified atom stereocenters. The monoisotopic (exact) mass is 220 g/mol. The van der Waals surface area contributed by atoms with Crippen LogP contribution in [-0.2, 0) is 6.42 Å². The standard InChI is InChI=1S/C13H20N2O/c1-9-8-15-12(10(2)13(9)16-3)6-7-14-11-4-5-11/h8,11,14H,4-7H2,1-3H3. The van der Waals surface area contributed by atoms with Crippen LogP contribution in [0.15, 0.2) is 6.20 Å². The molecule has 0 saturated heterocycles. The van der Waals surface area contributed by atoms with Crippen LogP contribution in [0.1, 0.15) is 29.7 Å². The molecule has 2 rings (SSSR count). The second kappa shape index (κ2) is 4.83. The van der Waals surface area contributed by atoms with E-state index in [-0.39, 0.29) is 0 Å². The quantitative estimate of drug-likeness (QED) is 0.824. The lowest BCUT2D eigenvalue weighted by molar-refractivity contribution is 0.406. The van der Waals surface area contributed by atoms with E-state index in [0.717, 1.165) is 36.0 Å². The van der Waals surface area contributed by atoms with Crippen molar-refractivity contribution in [2.24, 2.45) is 0 Å². The summed E-state index contributed by atoms with van der Waals surface area (Å²) in [6.45, 7) is 5.14. The van der Waals surface area contributed by atoms with Crippen LogP contribution in [0.3, 0.4) is 0 Å². The Bertz CT molecular complexity index is 372. The van der Waals surface area contributed by atoms with Crippen molar-refractivity contribution in [2.45, 2.75) is 39.2 Å². The average Bonchev–Trinajstić information content (AvgIpc) is 3.06. The predicted molar refractivity (Wildman–Crippen MR) is 65.0 cm³/mol. The van der Waals surface area contributed by atoms with Gasteiger partial charge in [-0.15, -0.1) is 0 Å². The molecule has 0 amide bonds. The Morgan fingerprint density at radius 2 is 2.19 bits per heavy atom. The molecule has 0 spiro atoms. The van der Waals surface area contributed by atoms with Gasteiger partial charge in [-0.05, 0) is 26.7 Å². The normalized spacial score (nSPS) is 15.2. The first-order valence-electron chi connectivity index (χ1n) is 5.95. The van der Waals surface area contributed by atoms with Crippen molar-refractivity contribution < 1.29 is 4.74 Å². The van der Waals surface area contributed by atoms with Gasteiger partial charge in [0, 0.05) is 42.0 Å². The summed E-state index contributed by atoms with van der Waals surface area (Å²) in [6, 6.07) is 0.771. The lowest BCUT2D eigenvalue weighted by Gasteiger charge is -2.12. The highest BCUT2D eigenvalue weighted by molar-refractivity contribution is 5.41. The van der Waals surface area contributed by atoms with Gasteiger partial charge in [0.15, 0.2) is 0 Å². The zero-order chi connectivity index (χ0) is 11.5. The van der Waals surface area contributed by atoms with Crippen molar-refractivity contribution in [2.75, 3.05) is 13.7 Å². The molecule has 1 saturated carbocycles. The molecule has 0 aromatic carbocycles. The molecule has 1 aliphatic rings. The van der Waals surface area contributed by atoms with Crippen LogP contribution in [0.2, 0.25) is 0 Å². The number of aromatic nitrogens is 1. The van der Waals surface area contributed by atoms with Crippen LogP contribution >= 0.6 is 0 Å². The van der Waals surface area contributed by atoms with E-state index in [0.29, 0.717) is 0 Å². The second-order valence-corrected chi connectivity index (χ2v) is 4.52. The minimum absolute atomic E-state index is 0.771. The topological polar surface area (TPSA) is 34.1 Å². The summed E-state index contributed by atoms with van der Waals surface area (Å²) < 4.78 is 5.40. The number of nitrogens with one attached hydrogen (secondary N) is 1. The van der Waals surface area contributed by atoms with Crippen molar-refractivity contribution in [3.8, 4) is 5.75 Å². The summed E-state index contributed by atoms with van der Waals surface area (Å²) in [5.41, 5.74) is 3.44. The van der Waals surface area contributed by atoms with E-state index >= 15 is 0 Å². The smallest absolute Gasteiger partial charge is 0.128 e. The van der Waals surface area contributed by atoms with Crippen LogP contribution in [0, 0.1) is 13.8 Å². The summed E-state index contributed by atoms with van der Waals surface area (Å²) in [7, 11) is 1.72. The van der Waals surface area contributed by atoms with E-state index in [9.17, 15) is 0 Å². The van der Waals surface area contributed by atoms with E-state index in [4.69, 9.17) is 4.74 Å². The van der Waals surface area contributed by atoms with Gasteiger partial charge in [0.05, 0.1) is 7.11 Å². The summed E-state index contributed by atoms with van der Waals surface area (Å²) in [5.74, 6) is 0.983. The van der Waals surface area contributed by atoms with E-state index < -0.39 is 0 Å². The van der Waals surface area contributed by atoms with Gasteiger partial charge in [-0.2, -0.15) is 0 Å². The number of ether oxygens (including phenoxy) is 1. The minimum Gasteiger partial charge on any atom is -0.496 e. The highest BCUT2D eigenvalue weighted by Crippen LogP contribution is 2.24. The van der Waals surface area contributed by atoms with Crippen LogP contribution < -0.4 is 10.1 Å². The third-order valence-electron chi connectivity index (χ3n) is 3.12. The highest BCUT2D eigenvalue weighted by Gasteiger charge is 2.20. The third-order valence-corrected chi connectivity index (χ3v) is 3.12. The Balaban J connectivity index is 2.01. The Morgan fingerprint density at radius 3 is 2.81 bits per heavy atom. The largest absolute Gasteiger partial charge is 0.496 e. The van der Waals surface area contributed by atoms with Crippen LogP contribution in [-0.4, -0.2) is 24.7 Å². The Morgan fingerprint density at radius 1 is 1.44 bits per heavy atom. The zero-order valence-electron chi connectivity index (χ0n) is 10.3. The summed E-state index contributed by atoms with van der Waals surface area (Å²) in [4.78, 5) is 4.48. The van der Waals surface area contributed by atoms with Gasteiger partial charge in [0.2, 0.25) is 0 Å². The van der Waals surface area contributed by atoms with E-state index in [1.807, 2.05) is 13.1 Å². The van der Waals surface area contributed by atoms with Crippen molar-refractivity contribution in [3.63, 3.8) is 0 Å². The summed E-state index contributed by atoms with van der Waals surface area (Å²) >= 11 is 0. The van der Waals surface area contributed by atoms with E-state index in [1.54, 1.807) is 7.11 Å². The Kier molecular flexibility index (Phi) is 3.44. The number of methoxy groups -OCH3 is 1. The van der Waals surface area contributed by atoms with Crippen LogP contribution in [0.25, 0.3) is 0 Å². The molecular weight excluding hydrogens is 200 g/mol. The maximum atomic E-state index is 5.40. The molecule has 16 heavy (non-hydrogen) atoms. The molecule has 0 radical (unpaired) electrons. The number of pyridine rings is 1. The Labute approximate surface area is 97.2 Å². The fourth-order valence-corrected chi connectivity index (χ4v) is 2.01. The zero-order valence-corrected chi connectivity index (χ0v) is 10.3. The highest BCUT2D eigenvalue weighted by atomic mass is 16.5. The molecule has 3 heteroatoms. The first kappa shape index (κ1) is 11.4. The fraction of sp³-hybridized carbons (Fsp3) is 0.615. The van der Waals surface area contributed by atoms with Gasteiger partial charge in [-0.1, -0.05) is 0 Å². The molecule has 0 bridgehead atoms. The molecular formula is C13H20N2O. The summed E-state index contributed by atoms with van der Waals surface area (Å²) in [5, 5.41) is 3.50. The summed E-state index contributed by atoms with van der Waals surface area (Å²) in [6.07, 6.45) is 5.56. The molecule has 1 fully saturated rings. The van der Waals surface area contributed by atoms with Gasteiger partial charge in [0.25, 0.3) is 0 Å². The van der Waals surface area contributed by atoms with Crippen molar-refractivity contribution in [3.05, 3.63) is 23.0 Å². The Hall–Kier alpha value is -1.09. The average molecular weight is 220 g/mol. The molecule has 0 aliphatic heterocycles. The van der Waals surface area contributed by atoms with Crippen molar-refractivity contribution >= 4 is 0 Å². The van der Waals surface area contributed by atoms with Gasteiger partial charge in [0.1, 0.15) is 5.75 Å². The van der Waals surface area contributed by atoms with E-state index in [2.05, 4.69) is 17.2 Å². The minimum atomic E-state index is 0.771. The number of hydrogen-bond donors (Lipinski definition) is 1. The molecule has 88 valence electrons. The number of nitrogens with zero attached hydrogens (tertiary/aromatic N) is 1. The molecule has 1 aromatic heterocycles. The van der Waals surface area contributed by atoms with Gasteiger partial charge in [-0.25, -0.2) is 0 Å². The lowest BCUT2D eigenvalue weighted by Crippen LogP contribution is -2.20. The van der Waals surface area contributed by atoms with Gasteiger partial charge >= 0.3 is 0 Å². The molecule has 1 aliphatic carbocycles. The number of hydrogen-bond acceptors (Lipinski definition) is 3. The molecule has 1 heterocycles. The fourth-order valence-electron chi connectivity index (χ4n) is 2.01. The van der Waals surface area contributed by atoms with E-state index in [1.165, 1.54) is 18.4 Å².